The van der Waals surface area contributed by atoms with E-state index in [1.54, 1.807) is 17.7 Å². The Labute approximate surface area is 144 Å². The summed E-state index contributed by atoms with van der Waals surface area (Å²) in [6, 6.07) is 13.9. The van der Waals surface area contributed by atoms with E-state index in [1.165, 1.54) is 11.3 Å². The molecule has 1 amide bonds. The zero-order valence-electron chi connectivity index (χ0n) is 13.6. The minimum absolute atomic E-state index is 0.110. The summed E-state index contributed by atoms with van der Waals surface area (Å²) in [5, 5.41) is 5.43. The molecule has 1 aromatic carbocycles. The van der Waals surface area contributed by atoms with E-state index in [0.29, 0.717) is 23.0 Å². The van der Waals surface area contributed by atoms with E-state index in [9.17, 15) is 4.79 Å². The zero-order valence-corrected chi connectivity index (χ0v) is 14.4. The van der Waals surface area contributed by atoms with Crippen molar-refractivity contribution in [2.45, 2.75) is 6.04 Å². The number of hydrogen-bond acceptors (Lipinski definition) is 5. The maximum Gasteiger partial charge on any atom is 0.270 e. The SMILES string of the molecule is CN(C)C(CNC(=O)c1csc(-c2ccco2)n1)c1ccccc1. The Morgan fingerprint density at radius 3 is 2.71 bits per heavy atom. The van der Waals surface area contributed by atoms with Crippen molar-refractivity contribution in [3.8, 4) is 10.8 Å². The Morgan fingerprint density at radius 2 is 2.04 bits per heavy atom. The van der Waals surface area contributed by atoms with Gasteiger partial charge in [0.1, 0.15) is 5.69 Å². The number of amides is 1. The van der Waals surface area contributed by atoms with Crippen molar-refractivity contribution in [1.29, 1.82) is 0 Å². The van der Waals surface area contributed by atoms with Gasteiger partial charge in [-0.1, -0.05) is 30.3 Å². The molecule has 3 aromatic rings. The molecule has 0 aliphatic rings. The first-order valence-corrected chi connectivity index (χ1v) is 8.52. The predicted molar refractivity (Wildman–Crippen MR) is 95.0 cm³/mol. The van der Waals surface area contributed by atoms with Crippen LogP contribution in [0.3, 0.4) is 0 Å². The topological polar surface area (TPSA) is 58.4 Å². The standard InChI is InChI=1S/C18H19N3O2S/c1-21(2)15(13-7-4-3-5-8-13)11-19-17(22)14-12-24-18(20-14)16-9-6-10-23-16/h3-10,12,15H,11H2,1-2H3,(H,19,22). The van der Waals surface area contributed by atoms with Gasteiger partial charge in [0.05, 0.1) is 12.3 Å². The fourth-order valence-corrected chi connectivity index (χ4v) is 3.21. The van der Waals surface area contributed by atoms with Crippen LogP contribution in [-0.2, 0) is 0 Å². The van der Waals surface area contributed by atoms with E-state index in [4.69, 9.17) is 4.42 Å². The lowest BCUT2D eigenvalue weighted by Gasteiger charge is -2.24. The number of carbonyl (C=O) groups is 1. The first kappa shape index (κ1) is 16.4. The molecule has 0 spiro atoms. The van der Waals surface area contributed by atoms with E-state index < -0.39 is 0 Å². The van der Waals surface area contributed by atoms with E-state index >= 15 is 0 Å². The number of thiazole rings is 1. The molecule has 124 valence electrons. The molecule has 1 N–H and O–H groups in total. The number of likely N-dealkylation sites (N-methyl/N-ethyl adjacent to an activating group) is 1. The van der Waals surface area contributed by atoms with Crippen molar-refractivity contribution in [2.75, 3.05) is 20.6 Å². The van der Waals surface area contributed by atoms with E-state index in [2.05, 4.69) is 27.3 Å². The molecule has 0 aliphatic heterocycles. The van der Waals surface area contributed by atoms with E-state index in [1.807, 2.05) is 38.4 Å². The predicted octanol–water partition coefficient (Wildman–Crippen LogP) is 3.44. The quantitative estimate of drug-likeness (QED) is 0.746. The maximum absolute atomic E-state index is 12.4. The van der Waals surface area contributed by atoms with Crippen LogP contribution in [0, 0.1) is 0 Å². The summed E-state index contributed by atoms with van der Waals surface area (Å²) in [5.74, 6) is 0.501. The molecule has 0 aliphatic carbocycles. The maximum atomic E-state index is 12.4. The number of carbonyl (C=O) groups excluding carboxylic acids is 1. The van der Waals surface area contributed by atoms with Gasteiger partial charge < -0.3 is 14.6 Å². The third kappa shape index (κ3) is 3.72. The number of furan rings is 1. The lowest BCUT2D eigenvalue weighted by molar-refractivity contribution is 0.0937. The van der Waals surface area contributed by atoms with Crippen molar-refractivity contribution < 1.29 is 9.21 Å². The van der Waals surface area contributed by atoms with Crippen molar-refractivity contribution >= 4 is 17.2 Å². The second-order valence-electron chi connectivity index (χ2n) is 5.62. The summed E-state index contributed by atoms with van der Waals surface area (Å²) < 4.78 is 5.31. The molecular weight excluding hydrogens is 322 g/mol. The third-order valence-electron chi connectivity index (χ3n) is 3.73. The summed E-state index contributed by atoms with van der Waals surface area (Å²) in [6.07, 6.45) is 1.60. The fraction of sp³-hybridized carbons (Fsp3) is 0.222. The van der Waals surface area contributed by atoms with Crippen LogP contribution in [0.1, 0.15) is 22.1 Å². The molecule has 1 atom stereocenters. The smallest absolute Gasteiger partial charge is 0.270 e. The highest BCUT2D eigenvalue weighted by Crippen LogP contribution is 2.24. The van der Waals surface area contributed by atoms with Crippen LogP contribution in [0.2, 0.25) is 0 Å². The van der Waals surface area contributed by atoms with Crippen molar-refractivity contribution in [1.82, 2.24) is 15.2 Å². The highest BCUT2D eigenvalue weighted by atomic mass is 32.1. The number of aromatic nitrogens is 1. The van der Waals surface area contributed by atoms with Gasteiger partial charge in [-0.3, -0.25) is 4.79 Å². The van der Waals surface area contributed by atoms with Crippen LogP contribution < -0.4 is 5.32 Å². The van der Waals surface area contributed by atoms with E-state index in [0.717, 1.165) is 5.56 Å². The Hall–Kier alpha value is -2.44. The summed E-state index contributed by atoms with van der Waals surface area (Å²) in [7, 11) is 4.00. The highest BCUT2D eigenvalue weighted by molar-refractivity contribution is 7.13. The molecular formula is C18H19N3O2S. The molecule has 0 radical (unpaired) electrons. The molecule has 1 unspecified atom stereocenters. The Balaban J connectivity index is 1.66. The molecule has 0 saturated heterocycles. The molecule has 2 aromatic heterocycles. The number of nitrogens with one attached hydrogen (secondary N) is 1. The molecule has 5 nitrogen and oxygen atoms in total. The summed E-state index contributed by atoms with van der Waals surface area (Å²) in [5.41, 5.74) is 1.58. The summed E-state index contributed by atoms with van der Waals surface area (Å²) in [6.45, 7) is 0.517. The first-order chi connectivity index (χ1) is 11.6. The molecule has 2 heterocycles. The second kappa shape index (κ2) is 7.42. The zero-order chi connectivity index (χ0) is 16.9. The van der Waals surface area contributed by atoms with Gasteiger partial charge in [0.15, 0.2) is 10.8 Å². The molecule has 6 heteroatoms. The van der Waals surface area contributed by atoms with Crippen LogP contribution in [0.4, 0.5) is 0 Å². The summed E-state index contributed by atoms with van der Waals surface area (Å²) in [4.78, 5) is 18.8. The normalized spacial score (nSPS) is 12.3. The second-order valence-corrected chi connectivity index (χ2v) is 6.47. The van der Waals surface area contributed by atoms with Gasteiger partial charge >= 0.3 is 0 Å². The molecule has 0 bridgehead atoms. The van der Waals surface area contributed by atoms with Gasteiger partial charge in [-0.05, 0) is 31.8 Å². The Kier molecular flexibility index (Phi) is 5.08. The van der Waals surface area contributed by atoms with Crippen LogP contribution in [0.5, 0.6) is 0 Å². The van der Waals surface area contributed by atoms with Crippen molar-refractivity contribution in [2.24, 2.45) is 0 Å². The van der Waals surface area contributed by atoms with Gasteiger partial charge in [0.2, 0.25) is 0 Å². The Morgan fingerprint density at radius 1 is 1.25 bits per heavy atom. The average Bonchev–Trinajstić information content (AvgIpc) is 3.27. The van der Waals surface area contributed by atoms with Crippen molar-refractivity contribution in [3.63, 3.8) is 0 Å². The minimum atomic E-state index is -0.174. The molecule has 0 saturated carbocycles. The van der Waals surface area contributed by atoms with Crippen LogP contribution >= 0.6 is 11.3 Å². The number of hydrogen-bond donors (Lipinski definition) is 1. The highest BCUT2D eigenvalue weighted by Gasteiger charge is 2.17. The van der Waals surface area contributed by atoms with Gasteiger partial charge in [-0.2, -0.15) is 0 Å². The van der Waals surface area contributed by atoms with Gasteiger partial charge in [-0.15, -0.1) is 11.3 Å². The largest absolute Gasteiger partial charge is 0.462 e. The van der Waals surface area contributed by atoms with Gasteiger partial charge in [-0.25, -0.2) is 4.98 Å². The average molecular weight is 341 g/mol. The van der Waals surface area contributed by atoms with E-state index in [-0.39, 0.29) is 11.9 Å². The number of nitrogens with zero attached hydrogens (tertiary/aromatic N) is 2. The summed E-state index contributed by atoms with van der Waals surface area (Å²) >= 11 is 1.40. The molecule has 3 rings (SSSR count). The van der Waals surface area contributed by atoms with Crippen LogP contribution in [0.25, 0.3) is 10.8 Å². The van der Waals surface area contributed by atoms with Gasteiger partial charge in [0.25, 0.3) is 5.91 Å². The fourth-order valence-electron chi connectivity index (χ4n) is 2.45. The lowest BCUT2D eigenvalue weighted by Crippen LogP contribution is -2.34. The lowest BCUT2D eigenvalue weighted by atomic mass is 10.1. The first-order valence-electron chi connectivity index (χ1n) is 7.64. The minimum Gasteiger partial charge on any atom is -0.462 e. The molecule has 0 fully saturated rings. The number of rotatable bonds is 6. The molecule has 24 heavy (non-hydrogen) atoms. The monoisotopic (exact) mass is 341 g/mol. The van der Waals surface area contributed by atoms with Gasteiger partial charge in [0, 0.05) is 11.9 Å². The van der Waals surface area contributed by atoms with Crippen molar-refractivity contribution in [3.05, 3.63) is 65.4 Å². The third-order valence-corrected chi connectivity index (χ3v) is 4.59. The number of benzene rings is 1. The van der Waals surface area contributed by atoms with Crippen LogP contribution in [0.15, 0.2) is 58.5 Å². The Bertz CT molecular complexity index is 782. The van der Waals surface area contributed by atoms with Crippen LogP contribution in [-0.4, -0.2) is 36.4 Å².